The SMILES string of the molecule is CC(C)(O)[C@@H]1CC[C@@](C)([C@@H]2CC[C@]3(C)[C@H]2[C@H](O)C[C@@H]2[C@@]4(C)CC[C@H](O)C(C)(C)[C@@H]4[C@@H](O[C@@H]4O[C@H](CO)[C@@H](O)[C@H](O)[C@H]4O[C@@H]4OC[C@@H](O)[C@H](O)[C@H]4O)C[C@]23C)O1. The van der Waals surface area contributed by atoms with Gasteiger partial charge in [0.1, 0.15) is 42.7 Å². The number of aliphatic hydroxyl groups excluding tert-OH is 8. The van der Waals surface area contributed by atoms with Crippen molar-refractivity contribution >= 4 is 0 Å². The Morgan fingerprint density at radius 3 is 2.07 bits per heavy atom. The summed E-state index contributed by atoms with van der Waals surface area (Å²) in [5, 5.41) is 98.7. The van der Waals surface area contributed by atoms with Gasteiger partial charge in [0.25, 0.3) is 0 Å². The molecule has 0 unspecified atom stereocenters. The summed E-state index contributed by atoms with van der Waals surface area (Å²) >= 11 is 0. The van der Waals surface area contributed by atoms with Crippen molar-refractivity contribution in [3.63, 3.8) is 0 Å². The summed E-state index contributed by atoms with van der Waals surface area (Å²) < 4.78 is 31.6. The first-order valence-corrected chi connectivity index (χ1v) is 20.8. The highest BCUT2D eigenvalue weighted by molar-refractivity contribution is 5.22. The van der Waals surface area contributed by atoms with Crippen LogP contribution in [-0.2, 0) is 23.7 Å². The molecule has 0 amide bonds. The van der Waals surface area contributed by atoms with Gasteiger partial charge in [-0.3, -0.25) is 0 Å². The van der Waals surface area contributed by atoms with Gasteiger partial charge < -0.3 is 69.6 Å². The molecule has 0 bridgehead atoms. The third-order valence-corrected chi connectivity index (χ3v) is 17.0. The molecule has 7 rings (SSSR count). The van der Waals surface area contributed by atoms with Gasteiger partial charge in [-0.2, -0.15) is 0 Å². The molecule has 21 atom stereocenters. The van der Waals surface area contributed by atoms with Gasteiger partial charge in [-0.05, 0) is 117 Å². The van der Waals surface area contributed by atoms with Gasteiger partial charge in [0.05, 0.1) is 48.8 Å². The summed E-state index contributed by atoms with van der Waals surface area (Å²) in [6, 6.07) is 0. The first-order chi connectivity index (χ1) is 25.4. The van der Waals surface area contributed by atoms with Crippen molar-refractivity contribution in [2.24, 2.45) is 45.3 Å². The second kappa shape index (κ2) is 14.3. The molecular formula is C41H70O14. The van der Waals surface area contributed by atoms with E-state index in [1.807, 2.05) is 0 Å². The van der Waals surface area contributed by atoms with Crippen LogP contribution in [0.15, 0.2) is 0 Å². The van der Waals surface area contributed by atoms with E-state index in [-0.39, 0.29) is 41.8 Å². The number of hydrogen-bond donors (Lipinski definition) is 9. The first kappa shape index (κ1) is 42.6. The molecule has 4 aliphatic carbocycles. The molecule has 3 heterocycles. The Morgan fingerprint density at radius 2 is 1.44 bits per heavy atom. The lowest BCUT2D eigenvalue weighted by Gasteiger charge is -2.72. The van der Waals surface area contributed by atoms with Crippen LogP contribution in [0.2, 0.25) is 0 Å². The maximum Gasteiger partial charge on any atom is 0.187 e. The van der Waals surface area contributed by atoms with Crippen LogP contribution in [0.3, 0.4) is 0 Å². The third kappa shape index (κ3) is 6.50. The molecule has 7 fully saturated rings. The predicted molar refractivity (Wildman–Crippen MR) is 196 cm³/mol. The third-order valence-electron chi connectivity index (χ3n) is 17.0. The van der Waals surface area contributed by atoms with Gasteiger partial charge in [-0.15, -0.1) is 0 Å². The van der Waals surface area contributed by atoms with Crippen LogP contribution >= 0.6 is 0 Å². The molecule has 14 heteroatoms. The molecule has 14 nitrogen and oxygen atoms in total. The quantitative estimate of drug-likeness (QED) is 0.164. The van der Waals surface area contributed by atoms with E-state index in [1.165, 1.54) is 0 Å². The lowest BCUT2D eigenvalue weighted by Crippen LogP contribution is -2.71. The summed E-state index contributed by atoms with van der Waals surface area (Å²) in [7, 11) is 0. The van der Waals surface area contributed by atoms with Crippen molar-refractivity contribution in [1.29, 1.82) is 0 Å². The first-order valence-electron chi connectivity index (χ1n) is 20.8. The minimum atomic E-state index is -1.68. The summed E-state index contributed by atoms with van der Waals surface area (Å²) in [5.74, 6) is -0.233. The molecule has 0 radical (unpaired) electrons. The van der Waals surface area contributed by atoms with Crippen LogP contribution in [0, 0.1) is 45.3 Å². The average molecular weight is 787 g/mol. The fourth-order valence-electron chi connectivity index (χ4n) is 13.9. The standard InChI is InChI=1S/C41H70O14/c1-36(2)25(45)10-12-38(5)24-15-20(43)27-19(41(8)14-11-26(55-41)37(3,4)50)9-13-39(27,6)40(24,7)16-22(33(36)38)52-35-32(30(48)29(47)23(17-42)53-35)54-34-31(49)28(46)21(44)18-51-34/h19-35,42-50H,9-18H2,1-8H3/t19-,20-,21-,22+,23-,24-,25+,26+,27-,28+,29-,30+,31-,32-,33+,34+,35-,38-,39-,40-,41+/m1/s1. The molecule has 0 aromatic heterocycles. The number of ether oxygens (including phenoxy) is 5. The van der Waals surface area contributed by atoms with E-state index >= 15 is 0 Å². The molecule has 0 aromatic rings. The van der Waals surface area contributed by atoms with Crippen LogP contribution in [0.5, 0.6) is 0 Å². The van der Waals surface area contributed by atoms with Crippen molar-refractivity contribution in [3.05, 3.63) is 0 Å². The zero-order valence-corrected chi connectivity index (χ0v) is 34.0. The Labute approximate surface area is 325 Å². The highest BCUT2D eigenvalue weighted by Crippen LogP contribution is 2.76. The fraction of sp³-hybridized carbons (Fsp3) is 1.00. The number of fused-ring (bicyclic) bond motifs is 5. The van der Waals surface area contributed by atoms with Crippen LogP contribution in [-0.4, -0.2) is 150 Å². The number of aliphatic hydroxyl groups is 9. The van der Waals surface area contributed by atoms with Crippen molar-refractivity contribution in [2.75, 3.05) is 13.2 Å². The fourth-order valence-corrected chi connectivity index (χ4v) is 13.9. The van der Waals surface area contributed by atoms with E-state index in [4.69, 9.17) is 23.7 Å². The molecule has 3 saturated heterocycles. The Kier molecular flexibility index (Phi) is 11.1. The van der Waals surface area contributed by atoms with Crippen molar-refractivity contribution in [1.82, 2.24) is 0 Å². The van der Waals surface area contributed by atoms with E-state index in [0.29, 0.717) is 25.7 Å². The predicted octanol–water partition coefficient (Wildman–Crippen LogP) is 0.970. The van der Waals surface area contributed by atoms with Gasteiger partial charge in [0.2, 0.25) is 0 Å². The van der Waals surface area contributed by atoms with Gasteiger partial charge in [-0.25, -0.2) is 0 Å². The normalized spacial score (nSPS) is 56.8. The highest BCUT2D eigenvalue weighted by atomic mass is 16.8. The van der Waals surface area contributed by atoms with Crippen molar-refractivity contribution in [2.45, 2.75) is 198 Å². The molecule has 55 heavy (non-hydrogen) atoms. The van der Waals surface area contributed by atoms with E-state index < -0.39 is 108 Å². The summed E-state index contributed by atoms with van der Waals surface area (Å²) in [6.07, 6.45) is -9.89. The summed E-state index contributed by atoms with van der Waals surface area (Å²) in [4.78, 5) is 0. The molecule has 9 N–H and O–H groups in total. The minimum absolute atomic E-state index is 0.0590. The molecule has 0 spiro atoms. The molecule has 4 saturated carbocycles. The van der Waals surface area contributed by atoms with Crippen LogP contribution in [0.1, 0.15) is 107 Å². The van der Waals surface area contributed by atoms with E-state index in [2.05, 4.69) is 41.5 Å². The van der Waals surface area contributed by atoms with E-state index in [0.717, 1.165) is 25.7 Å². The summed E-state index contributed by atoms with van der Waals surface area (Å²) in [6.45, 7) is 15.8. The van der Waals surface area contributed by atoms with E-state index in [9.17, 15) is 46.0 Å². The number of hydrogen-bond acceptors (Lipinski definition) is 14. The number of rotatable bonds is 7. The summed E-state index contributed by atoms with van der Waals surface area (Å²) in [5.41, 5.74) is -3.33. The van der Waals surface area contributed by atoms with Gasteiger partial charge in [-0.1, -0.05) is 34.6 Å². The van der Waals surface area contributed by atoms with E-state index in [1.54, 1.807) is 13.8 Å². The maximum absolute atomic E-state index is 12.4. The maximum atomic E-state index is 12.4. The highest BCUT2D eigenvalue weighted by Gasteiger charge is 2.74. The Hall–Kier alpha value is -0.560. The largest absolute Gasteiger partial charge is 0.394 e. The second-order valence-electron chi connectivity index (χ2n) is 20.8. The van der Waals surface area contributed by atoms with Gasteiger partial charge in [0, 0.05) is 0 Å². The molecular weight excluding hydrogens is 716 g/mol. The topological polar surface area (TPSA) is 228 Å². The van der Waals surface area contributed by atoms with Crippen LogP contribution < -0.4 is 0 Å². The van der Waals surface area contributed by atoms with Gasteiger partial charge in [0.15, 0.2) is 12.6 Å². The monoisotopic (exact) mass is 786 g/mol. The Balaban J connectivity index is 1.25. The minimum Gasteiger partial charge on any atom is -0.394 e. The smallest absolute Gasteiger partial charge is 0.187 e. The Bertz CT molecular complexity index is 1390. The van der Waals surface area contributed by atoms with Crippen molar-refractivity contribution < 1.29 is 69.6 Å². The molecule has 318 valence electrons. The van der Waals surface area contributed by atoms with Gasteiger partial charge >= 0.3 is 0 Å². The van der Waals surface area contributed by atoms with Crippen LogP contribution in [0.25, 0.3) is 0 Å². The second-order valence-corrected chi connectivity index (χ2v) is 20.8. The zero-order valence-electron chi connectivity index (χ0n) is 34.0. The molecule has 3 aliphatic heterocycles. The lowest BCUT2D eigenvalue weighted by atomic mass is 9.34. The molecule has 0 aromatic carbocycles. The van der Waals surface area contributed by atoms with Crippen LogP contribution in [0.4, 0.5) is 0 Å². The zero-order chi connectivity index (χ0) is 40.4. The molecule has 7 aliphatic rings. The van der Waals surface area contributed by atoms with Crippen molar-refractivity contribution in [3.8, 4) is 0 Å². The lowest BCUT2D eigenvalue weighted by molar-refractivity contribution is -0.377. The Morgan fingerprint density at radius 1 is 0.745 bits per heavy atom. The average Bonchev–Trinajstić information content (AvgIpc) is 3.70.